The summed E-state index contributed by atoms with van der Waals surface area (Å²) < 4.78 is 5.19. The second-order valence-corrected chi connectivity index (χ2v) is 6.09. The van der Waals surface area contributed by atoms with Gasteiger partial charge in [-0.1, -0.05) is 0 Å². The summed E-state index contributed by atoms with van der Waals surface area (Å²) >= 11 is 3.64. The zero-order valence-corrected chi connectivity index (χ0v) is 13.5. The molecule has 2 aromatic rings. The average Bonchev–Trinajstić information content (AvgIpc) is 3.11. The number of rotatable bonds is 6. The lowest BCUT2D eigenvalue weighted by molar-refractivity contribution is 0.547. The van der Waals surface area contributed by atoms with Gasteiger partial charge < -0.3 is 5.32 Å². The standard InChI is InChI=1S/C14H20BrN5/c1-3-19-13(14(15)10(2)18-19)9-20-12(6-7-17-20)8-16-11-4-5-11/h6-7,11,16H,3-5,8-9H2,1-2H3. The minimum Gasteiger partial charge on any atom is -0.308 e. The van der Waals surface area contributed by atoms with E-state index in [0.29, 0.717) is 6.04 Å². The third-order valence-electron chi connectivity index (χ3n) is 3.71. The van der Waals surface area contributed by atoms with Crippen molar-refractivity contribution >= 4 is 15.9 Å². The van der Waals surface area contributed by atoms with E-state index in [1.165, 1.54) is 24.2 Å². The molecule has 1 N–H and O–H groups in total. The highest BCUT2D eigenvalue weighted by Crippen LogP contribution is 2.23. The summed E-state index contributed by atoms with van der Waals surface area (Å²) in [4.78, 5) is 0. The molecule has 0 saturated heterocycles. The predicted molar refractivity (Wildman–Crippen MR) is 81.5 cm³/mol. The predicted octanol–water partition coefficient (Wildman–Crippen LogP) is 2.47. The molecule has 0 aliphatic heterocycles. The van der Waals surface area contributed by atoms with Crippen LogP contribution < -0.4 is 5.32 Å². The molecule has 1 aliphatic rings. The number of nitrogens with zero attached hydrogens (tertiary/aromatic N) is 4. The van der Waals surface area contributed by atoms with Crippen LogP contribution >= 0.6 is 15.9 Å². The van der Waals surface area contributed by atoms with Crippen molar-refractivity contribution in [2.75, 3.05) is 0 Å². The van der Waals surface area contributed by atoms with E-state index >= 15 is 0 Å². The highest BCUT2D eigenvalue weighted by Gasteiger charge is 2.21. The van der Waals surface area contributed by atoms with Crippen molar-refractivity contribution in [2.24, 2.45) is 0 Å². The molecule has 2 heterocycles. The van der Waals surface area contributed by atoms with Crippen molar-refractivity contribution in [1.29, 1.82) is 0 Å². The van der Waals surface area contributed by atoms with Gasteiger partial charge in [0.2, 0.25) is 0 Å². The fourth-order valence-corrected chi connectivity index (χ4v) is 2.76. The van der Waals surface area contributed by atoms with Crippen LogP contribution in [0.4, 0.5) is 0 Å². The Kier molecular flexibility index (Phi) is 3.94. The summed E-state index contributed by atoms with van der Waals surface area (Å²) in [6, 6.07) is 2.80. The van der Waals surface area contributed by atoms with E-state index in [4.69, 9.17) is 0 Å². The molecule has 1 aliphatic carbocycles. The fourth-order valence-electron chi connectivity index (χ4n) is 2.35. The van der Waals surface area contributed by atoms with Crippen molar-refractivity contribution in [2.45, 2.75) is 52.4 Å². The molecule has 3 rings (SSSR count). The SMILES string of the molecule is CCn1nc(C)c(Br)c1Cn1nccc1CNC1CC1. The van der Waals surface area contributed by atoms with Crippen LogP contribution in [0.5, 0.6) is 0 Å². The first-order valence-corrected chi connectivity index (χ1v) is 7.94. The lowest BCUT2D eigenvalue weighted by atomic mass is 10.3. The summed E-state index contributed by atoms with van der Waals surface area (Å²) in [7, 11) is 0. The van der Waals surface area contributed by atoms with Crippen molar-refractivity contribution in [3.63, 3.8) is 0 Å². The van der Waals surface area contributed by atoms with E-state index in [1.807, 2.05) is 17.8 Å². The molecule has 5 nitrogen and oxygen atoms in total. The molecule has 0 amide bonds. The van der Waals surface area contributed by atoms with Gasteiger partial charge in [-0.15, -0.1) is 0 Å². The van der Waals surface area contributed by atoms with Crippen LogP contribution in [0.3, 0.4) is 0 Å². The highest BCUT2D eigenvalue weighted by atomic mass is 79.9. The Morgan fingerprint density at radius 2 is 2.20 bits per heavy atom. The van der Waals surface area contributed by atoms with Gasteiger partial charge in [0.25, 0.3) is 0 Å². The summed E-state index contributed by atoms with van der Waals surface area (Å²) in [6.45, 7) is 6.66. The molecule has 20 heavy (non-hydrogen) atoms. The number of nitrogens with one attached hydrogen (secondary N) is 1. The zero-order chi connectivity index (χ0) is 14.1. The molecule has 1 saturated carbocycles. The Labute approximate surface area is 127 Å². The molecule has 0 atom stereocenters. The Bertz CT molecular complexity index is 597. The van der Waals surface area contributed by atoms with Crippen LogP contribution in [-0.4, -0.2) is 25.6 Å². The molecular weight excluding hydrogens is 318 g/mol. The Morgan fingerprint density at radius 3 is 2.90 bits per heavy atom. The van der Waals surface area contributed by atoms with Crippen LogP contribution in [0.25, 0.3) is 0 Å². The maximum Gasteiger partial charge on any atom is 0.0843 e. The third-order valence-corrected chi connectivity index (χ3v) is 4.74. The van der Waals surface area contributed by atoms with Gasteiger partial charge in [-0.25, -0.2) is 0 Å². The number of hydrogen-bond acceptors (Lipinski definition) is 3. The van der Waals surface area contributed by atoms with Crippen molar-refractivity contribution in [1.82, 2.24) is 24.9 Å². The van der Waals surface area contributed by atoms with E-state index in [1.54, 1.807) is 0 Å². The normalized spacial score (nSPS) is 14.9. The summed E-state index contributed by atoms with van der Waals surface area (Å²) in [5.74, 6) is 0. The topological polar surface area (TPSA) is 47.7 Å². The van der Waals surface area contributed by atoms with E-state index in [9.17, 15) is 0 Å². The minimum atomic E-state index is 0.716. The molecule has 0 aromatic carbocycles. The molecule has 0 radical (unpaired) electrons. The van der Waals surface area contributed by atoms with Crippen LogP contribution in [-0.2, 0) is 19.6 Å². The zero-order valence-electron chi connectivity index (χ0n) is 11.9. The van der Waals surface area contributed by atoms with E-state index < -0.39 is 0 Å². The van der Waals surface area contributed by atoms with E-state index in [0.717, 1.165) is 29.8 Å². The molecule has 0 bridgehead atoms. The van der Waals surface area contributed by atoms with Gasteiger partial charge in [0, 0.05) is 25.3 Å². The Balaban J connectivity index is 1.78. The lowest BCUT2D eigenvalue weighted by Crippen LogP contribution is -2.19. The molecule has 0 spiro atoms. The molecule has 0 unspecified atom stereocenters. The minimum absolute atomic E-state index is 0.716. The molecule has 108 valence electrons. The van der Waals surface area contributed by atoms with Crippen LogP contribution in [0.2, 0.25) is 0 Å². The molecule has 2 aromatic heterocycles. The van der Waals surface area contributed by atoms with Gasteiger partial charge in [0.15, 0.2) is 0 Å². The largest absolute Gasteiger partial charge is 0.308 e. The van der Waals surface area contributed by atoms with Crippen molar-refractivity contribution in [3.05, 3.63) is 33.8 Å². The number of halogens is 1. The van der Waals surface area contributed by atoms with Crippen LogP contribution in [0.15, 0.2) is 16.7 Å². The quantitative estimate of drug-likeness (QED) is 0.880. The summed E-state index contributed by atoms with van der Waals surface area (Å²) in [5, 5.41) is 12.5. The summed E-state index contributed by atoms with van der Waals surface area (Å²) in [6.07, 6.45) is 4.49. The first-order chi connectivity index (χ1) is 9.69. The van der Waals surface area contributed by atoms with Gasteiger partial charge in [-0.3, -0.25) is 9.36 Å². The maximum atomic E-state index is 4.54. The van der Waals surface area contributed by atoms with Gasteiger partial charge in [0.1, 0.15) is 0 Å². The Morgan fingerprint density at radius 1 is 1.40 bits per heavy atom. The van der Waals surface area contributed by atoms with E-state index in [2.05, 4.69) is 49.1 Å². The van der Waals surface area contributed by atoms with Gasteiger partial charge in [-0.2, -0.15) is 10.2 Å². The first kappa shape index (κ1) is 13.8. The molecule has 6 heteroatoms. The molecular formula is C14H20BrN5. The summed E-state index contributed by atoms with van der Waals surface area (Å²) in [5.41, 5.74) is 3.44. The second-order valence-electron chi connectivity index (χ2n) is 5.30. The van der Waals surface area contributed by atoms with Gasteiger partial charge in [-0.05, 0) is 48.7 Å². The van der Waals surface area contributed by atoms with Crippen molar-refractivity contribution in [3.8, 4) is 0 Å². The lowest BCUT2D eigenvalue weighted by Gasteiger charge is -2.10. The Hall–Kier alpha value is -1.14. The second kappa shape index (κ2) is 5.69. The maximum absolute atomic E-state index is 4.54. The highest BCUT2D eigenvalue weighted by molar-refractivity contribution is 9.10. The van der Waals surface area contributed by atoms with Gasteiger partial charge >= 0.3 is 0 Å². The third kappa shape index (κ3) is 2.81. The monoisotopic (exact) mass is 337 g/mol. The molecule has 1 fully saturated rings. The number of aryl methyl sites for hydroxylation is 2. The van der Waals surface area contributed by atoms with Crippen LogP contribution in [0, 0.1) is 6.92 Å². The average molecular weight is 338 g/mol. The number of aromatic nitrogens is 4. The van der Waals surface area contributed by atoms with E-state index in [-0.39, 0.29) is 0 Å². The van der Waals surface area contributed by atoms with Crippen molar-refractivity contribution < 1.29 is 0 Å². The smallest absolute Gasteiger partial charge is 0.0843 e. The first-order valence-electron chi connectivity index (χ1n) is 7.15. The fraction of sp³-hybridized carbons (Fsp3) is 0.571. The number of hydrogen-bond donors (Lipinski definition) is 1. The van der Waals surface area contributed by atoms with Crippen LogP contribution in [0.1, 0.15) is 36.8 Å². The van der Waals surface area contributed by atoms with Gasteiger partial charge in [0.05, 0.1) is 28.1 Å².